The van der Waals surface area contributed by atoms with Gasteiger partial charge in [0.15, 0.2) is 11.6 Å². The van der Waals surface area contributed by atoms with Gasteiger partial charge in [-0.3, -0.25) is 4.98 Å². The highest BCUT2D eigenvalue weighted by molar-refractivity contribution is 6.00. The van der Waals surface area contributed by atoms with Crippen LogP contribution in [0.2, 0.25) is 0 Å². The zero-order chi connectivity index (χ0) is 30.3. The van der Waals surface area contributed by atoms with Gasteiger partial charge in [0.05, 0.1) is 48.7 Å². The molecule has 2 heterocycles. The van der Waals surface area contributed by atoms with Crippen LogP contribution in [0, 0.1) is 23.0 Å². The van der Waals surface area contributed by atoms with E-state index in [0.29, 0.717) is 37.1 Å². The fourth-order valence-corrected chi connectivity index (χ4v) is 5.38. The van der Waals surface area contributed by atoms with Gasteiger partial charge in [-0.1, -0.05) is 6.07 Å². The summed E-state index contributed by atoms with van der Waals surface area (Å²) in [6, 6.07) is 9.89. The summed E-state index contributed by atoms with van der Waals surface area (Å²) in [5.41, 5.74) is 0.658. The molecule has 1 saturated carbocycles. The topological polar surface area (TPSA) is 137 Å². The smallest absolute Gasteiger partial charge is 0.337 e. The Morgan fingerprint density at radius 1 is 1.21 bits per heavy atom. The van der Waals surface area contributed by atoms with Gasteiger partial charge in [-0.05, 0) is 49.9 Å². The number of rotatable bonds is 9. The Hall–Kier alpha value is -4.57. The standard InChI is InChI=1S/C29H32F2N6O5/c1-41-17-24-21(26(38)42-2)16-37(28(40)35-24)27(39)34-13-14-36(20-6-7-22(30)23(31)15-20)19-8-10-29(18-32,11-9-19)25-5-3-4-12-33-25/h3-7,12,15,19H,8-11,13-14,16-17H2,1-2H3,(H,34,39)(H,35,40). The number of pyridine rings is 1. The zero-order valence-corrected chi connectivity index (χ0v) is 23.4. The molecule has 1 aromatic carbocycles. The number of hydrogen-bond acceptors (Lipinski definition) is 8. The van der Waals surface area contributed by atoms with Crippen molar-refractivity contribution in [3.63, 3.8) is 0 Å². The molecule has 4 rings (SSSR count). The molecule has 0 spiro atoms. The van der Waals surface area contributed by atoms with Crippen molar-refractivity contribution in [1.29, 1.82) is 5.26 Å². The Balaban J connectivity index is 1.47. The number of carbonyl (C=O) groups is 3. The molecule has 11 nitrogen and oxygen atoms in total. The molecule has 1 aliphatic carbocycles. The molecule has 2 aliphatic rings. The van der Waals surface area contributed by atoms with Gasteiger partial charge in [-0.15, -0.1) is 0 Å². The van der Waals surface area contributed by atoms with E-state index >= 15 is 0 Å². The van der Waals surface area contributed by atoms with E-state index in [4.69, 9.17) is 9.47 Å². The van der Waals surface area contributed by atoms with Crippen LogP contribution in [0.4, 0.5) is 24.1 Å². The first-order chi connectivity index (χ1) is 20.2. The number of nitrogens with zero attached hydrogens (tertiary/aromatic N) is 4. The lowest BCUT2D eigenvalue weighted by molar-refractivity contribution is -0.136. The largest absolute Gasteiger partial charge is 0.466 e. The SMILES string of the molecule is COCC1=C(C(=O)OC)CN(C(=O)NCCN(c2ccc(F)c(F)c2)C2CCC(C#N)(c3ccccn3)CC2)C(=O)N1. The summed E-state index contributed by atoms with van der Waals surface area (Å²) in [4.78, 5) is 44.9. The summed E-state index contributed by atoms with van der Waals surface area (Å²) in [5.74, 6) is -2.69. The van der Waals surface area contributed by atoms with Crippen molar-refractivity contribution in [3.05, 3.63) is 71.2 Å². The molecule has 13 heteroatoms. The lowest BCUT2D eigenvalue weighted by Crippen LogP contribution is -2.54. The van der Waals surface area contributed by atoms with Gasteiger partial charge in [0, 0.05) is 44.2 Å². The van der Waals surface area contributed by atoms with Crippen LogP contribution in [0.25, 0.3) is 0 Å². The number of esters is 1. The molecule has 4 amide bonds. The van der Waals surface area contributed by atoms with Gasteiger partial charge >= 0.3 is 18.0 Å². The maximum absolute atomic E-state index is 14.2. The van der Waals surface area contributed by atoms with Gasteiger partial charge in [0.2, 0.25) is 0 Å². The van der Waals surface area contributed by atoms with Crippen LogP contribution >= 0.6 is 0 Å². The number of nitriles is 1. The van der Waals surface area contributed by atoms with E-state index < -0.39 is 35.1 Å². The van der Waals surface area contributed by atoms with Gasteiger partial charge in [-0.25, -0.2) is 28.1 Å². The summed E-state index contributed by atoms with van der Waals surface area (Å²) in [6.07, 6.45) is 3.82. The molecule has 42 heavy (non-hydrogen) atoms. The third-order valence-corrected chi connectivity index (χ3v) is 7.63. The van der Waals surface area contributed by atoms with Crippen molar-refractivity contribution in [2.75, 3.05) is 45.4 Å². The molecule has 0 atom stereocenters. The molecular weight excluding hydrogens is 550 g/mol. The molecule has 222 valence electrons. The highest BCUT2D eigenvalue weighted by atomic mass is 19.2. The van der Waals surface area contributed by atoms with Crippen molar-refractivity contribution in [3.8, 4) is 6.07 Å². The van der Waals surface area contributed by atoms with Crippen LogP contribution in [0.1, 0.15) is 31.4 Å². The van der Waals surface area contributed by atoms with Crippen LogP contribution in [-0.4, -0.2) is 74.4 Å². The van der Waals surface area contributed by atoms with Crippen molar-refractivity contribution in [1.82, 2.24) is 20.5 Å². The number of carbonyl (C=O) groups excluding carboxylic acids is 3. The lowest BCUT2D eigenvalue weighted by atomic mass is 9.71. The molecule has 0 unspecified atom stereocenters. The summed E-state index contributed by atoms with van der Waals surface area (Å²) >= 11 is 0. The Bertz CT molecular complexity index is 1390. The second-order valence-corrected chi connectivity index (χ2v) is 10.1. The first-order valence-corrected chi connectivity index (χ1v) is 13.4. The van der Waals surface area contributed by atoms with E-state index in [1.807, 2.05) is 17.0 Å². The number of halogens is 2. The average molecular weight is 583 g/mol. The predicted octanol–water partition coefficient (Wildman–Crippen LogP) is 3.38. The number of anilines is 1. The van der Waals surface area contributed by atoms with Crippen molar-refractivity contribution < 1.29 is 32.6 Å². The van der Waals surface area contributed by atoms with E-state index in [1.165, 1.54) is 20.3 Å². The molecule has 1 aromatic heterocycles. The molecule has 0 bridgehead atoms. The Kier molecular flexibility index (Phi) is 9.69. The van der Waals surface area contributed by atoms with E-state index in [1.54, 1.807) is 12.3 Å². The second kappa shape index (κ2) is 13.4. The third-order valence-electron chi connectivity index (χ3n) is 7.63. The first-order valence-electron chi connectivity index (χ1n) is 13.4. The fourth-order valence-electron chi connectivity index (χ4n) is 5.38. The van der Waals surface area contributed by atoms with E-state index in [0.717, 1.165) is 17.0 Å². The number of aromatic nitrogens is 1. The predicted molar refractivity (Wildman–Crippen MR) is 147 cm³/mol. The minimum atomic E-state index is -1.00. The fraction of sp³-hybridized carbons (Fsp3) is 0.414. The summed E-state index contributed by atoms with van der Waals surface area (Å²) in [6.45, 7) is -0.120. The number of amides is 4. The van der Waals surface area contributed by atoms with Crippen LogP contribution in [0.15, 0.2) is 53.9 Å². The van der Waals surface area contributed by atoms with E-state index in [9.17, 15) is 28.4 Å². The van der Waals surface area contributed by atoms with E-state index in [-0.39, 0.29) is 43.6 Å². The van der Waals surface area contributed by atoms with Crippen LogP contribution in [-0.2, 0) is 19.7 Å². The molecule has 1 fully saturated rings. The maximum Gasteiger partial charge on any atom is 0.337 e. The highest BCUT2D eigenvalue weighted by Gasteiger charge is 2.40. The third kappa shape index (κ3) is 6.49. The lowest BCUT2D eigenvalue weighted by Gasteiger charge is -2.41. The second-order valence-electron chi connectivity index (χ2n) is 10.1. The number of benzene rings is 1. The number of nitrogens with one attached hydrogen (secondary N) is 2. The van der Waals surface area contributed by atoms with E-state index in [2.05, 4.69) is 21.7 Å². The number of ether oxygens (including phenoxy) is 2. The summed E-state index contributed by atoms with van der Waals surface area (Å²) < 4.78 is 37.8. The van der Waals surface area contributed by atoms with Crippen LogP contribution in [0.3, 0.4) is 0 Å². The zero-order valence-electron chi connectivity index (χ0n) is 23.4. The molecule has 0 saturated heterocycles. The minimum absolute atomic E-state index is 0.0456. The van der Waals surface area contributed by atoms with Crippen LogP contribution < -0.4 is 15.5 Å². The van der Waals surface area contributed by atoms with Crippen molar-refractivity contribution in [2.45, 2.75) is 37.1 Å². The monoisotopic (exact) mass is 582 g/mol. The van der Waals surface area contributed by atoms with Crippen LogP contribution in [0.5, 0.6) is 0 Å². The van der Waals surface area contributed by atoms with Gasteiger partial charge < -0.3 is 25.0 Å². The average Bonchev–Trinajstić information content (AvgIpc) is 3.01. The highest BCUT2D eigenvalue weighted by Crippen LogP contribution is 2.40. The number of imide groups is 1. The molecule has 2 aromatic rings. The van der Waals surface area contributed by atoms with Crippen molar-refractivity contribution >= 4 is 23.7 Å². The molecule has 2 N–H and O–H groups in total. The maximum atomic E-state index is 14.2. The number of urea groups is 2. The molecule has 1 aliphatic heterocycles. The quantitative estimate of drug-likeness (QED) is 0.430. The minimum Gasteiger partial charge on any atom is -0.466 e. The first kappa shape index (κ1) is 30.4. The number of hydrogen-bond donors (Lipinski definition) is 2. The molecule has 0 radical (unpaired) electrons. The normalized spacial score (nSPS) is 20.4. The van der Waals surface area contributed by atoms with Gasteiger partial charge in [-0.2, -0.15) is 5.26 Å². The van der Waals surface area contributed by atoms with Gasteiger partial charge in [0.25, 0.3) is 0 Å². The summed E-state index contributed by atoms with van der Waals surface area (Å²) in [5, 5.41) is 15.2. The molecular formula is C29H32F2N6O5. The Morgan fingerprint density at radius 3 is 2.60 bits per heavy atom. The number of methoxy groups -OCH3 is 2. The van der Waals surface area contributed by atoms with Crippen molar-refractivity contribution in [2.24, 2.45) is 0 Å². The Morgan fingerprint density at radius 2 is 1.98 bits per heavy atom. The summed E-state index contributed by atoms with van der Waals surface area (Å²) in [7, 11) is 2.59. The Labute approximate surface area is 242 Å². The van der Waals surface area contributed by atoms with Gasteiger partial charge in [0.1, 0.15) is 0 Å².